The molecule has 0 bridgehead atoms. The van der Waals surface area contributed by atoms with E-state index in [1.54, 1.807) is 17.8 Å². The topological polar surface area (TPSA) is 127 Å². The van der Waals surface area contributed by atoms with Crippen LogP contribution in [-0.4, -0.2) is 95.7 Å². The lowest BCUT2D eigenvalue weighted by molar-refractivity contribution is -0.384. The number of nitro benzene ring substituents is 1. The van der Waals surface area contributed by atoms with Crippen molar-refractivity contribution in [1.29, 1.82) is 0 Å². The molecule has 2 fully saturated rings. The fourth-order valence-electron chi connectivity index (χ4n) is 9.37. The predicted octanol–water partition coefficient (Wildman–Crippen LogP) is 10.8. The van der Waals surface area contributed by atoms with Crippen LogP contribution in [-0.2, 0) is 6.54 Å². The SMILES string of the molecule is CC(C)NC1CCN(CCCNc2ccc(SNCc3ccc(N4CCN(CC5=C(c6ccc(Cl)cc6)CC(C)(C)CC5)CC4)cc3Oc3cnc4[nH]ccc4c3)cc2[N+](=O)[O-])CC1. The first-order valence-electron chi connectivity index (χ1n) is 23.0. The van der Waals surface area contributed by atoms with Crippen LogP contribution in [0.1, 0.15) is 77.3 Å². The number of benzene rings is 3. The number of fused-ring (bicyclic) bond motifs is 1. The van der Waals surface area contributed by atoms with Crippen molar-refractivity contribution >= 4 is 57.2 Å². The van der Waals surface area contributed by atoms with Crippen molar-refractivity contribution in [2.45, 2.75) is 89.7 Å². The highest BCUT2D eigenvalue weighted by Crippen LogP contribution is 2.43. The molecule has 2 aromatic heterocycles. The molecule has 0 spiro atoms. The summed E-state index contributed by atoms with van der Waals surface area (Å²) >= 11 is 7.65. The number of aromatic amines is 1. The average molecular weight is 907 g/mol. The number of nitro groups is 1. The number of likely N-dealkylation sites (tertiary alicyclic amines) is 1. The molecule has 3 aromatic carbocycles. The van der Waals surface area contributed by atoms with Gasteiger partial charge in [0.05, 0.1) is 11.1 Å². The zero-order valence-electron chi connectivity index (χ0n) is 37.8. The van der Waals surface area contributed by atoms with Gasteiger partial charge in [-0.25, -0.2) is 4.98 Å². The first-order chi connectivity index (χ1) is 30.9. The fraction of sp³-hybridized carbons (Fsp3) is 0.460. The van der Waals surface area contributed by atoms with Gasteiger partial charge >= 0.3 is 0 Å². The molecule has 1 aliphatic carbocycles. The van der Waals surface area contributed by atoms with Gasteiger partial charge in [0.2, 0.25) is 0 Å². The van der Waals surface area contributed by atoms with Crippen LogP contribution in [0, 0.1) is 15.5 Å². The molecular formula is C50H64ClN9O3S. The number of pyridine rings is 1. The summed E-state index contributed by atoms with van der Waals surface area (Å²) in [7, 11) is 0. The molecular weight excluding hydrogens is 842 g/mol. The summed E-state index contributed by atoms with van der Waals surface area (Å²) in [6.07, 6.45) is 10.3. The van der Waals surface area contributed by atoms with Crippen LogP contribution in [0.15, 0.2) is 95.7 Å². The molecule has 0 amide bonds. The number of ether oxygens (including phenoxy) is 1. The number of anilines is 2. The zero-order valence-corrected chi connectivity index (χ0v) is 39.4. The lowest BCUT2D eigenvalue weighted by atomic mass is 9.72. The normalized spacial score (nSPS) is 17.7. The first-order valence-corrected chi connectivity index (χ1v) is 24.2. The molecule has 64 heavy (non-hydrogen) atoms. The number of nitrogens with zero attached hydrogens (tertiary/aromatic N) is 5. The Bertz CT molecular complexity index is 2390. The standard InChI is InChI=1S/C50H64ClN9O3S/c1-35(2)56-41-16-22-57(23-17-41)21-5-19-52-46-13-12-44(30-47(46)60(61)62)64-55-32-38-8-11-42(29-48(38)63-43-28-37-15-20-53-49(37)54-33-43)59-26-24-58(25-27-59)34-39-14-18-50(3,4)31-45(39)36-6-9-40(51)10-7-36/h6-13,15,20,28-30,33,35,41,52,55-56H,5,14,16-19,21-27,31-32,34H2,1-4H3,(H,53,54). The van der Waals surface area contributed by atoms with Crippen molar-refractivity contribution in [2.75, 3.05) is 69.1 Å². The number of piperazine rings is 1. The average Bonchev–Trinajstić information content (AvgIpc) is 3.75. The summed E-state index contributed by atoms with van der Waals surface area (Å²) in [5.41, 5.74) is 8.15. The largest absolute Gasteiger partial charge is 0.455 e. The van der Waals surface area contributed by atoms with Gasteiger partial charge in [-0.2, -0.15) is 0 Å². The van der Waals surface area contributed by atoms with Gasteiger partial charge in [-0.1, -0.05) is 63.1 Å². The van der Waals surface area contributed by atoms with Gasteiger partial charge < -0.3 is 30.2 Å². The number of halogens is 1. The zero-order chi connectivity index (χ0) is 44.6. The lowest BCUT2D eigenvalue weighted by Gasteiger charge is -2.39. The van der Waals surface area contributed by atoms with Crippen LogP contribution in [0.3, 0.4) is 0 Å². The number of nitrogens with one attached hydrogen (secondary N) is 4. The molecule has 0 saturated carbocycles. The van der Waals surface area contributed by atoms with Gasteiger partial charge in [0.25, 0.3) is 5.69 Å². The molecule has 340 valence electrons. The Morgan fingerprint density at radius 2 is 1.78 bits per heavy atom. The van der Waals surface area contributed by atoms with E-state index in [9.17, 15) is 10.1 Å². The minimum Gasteiger partial charge on any atom is -0.455 e. The molecule has 14 heteroatoms. The summed E-state index contributed by atoms with van der Waals surface area (Å²) in [4.78, 5) is 27.9. The Kier molecular flexibility index (Phi) is 15.2. The summed E-state index contributed by atoms with van der Waals surface area (Å²) in [5.74, 6) is 1.40. The van der Waals surface area contributed by atoms with E-state index < -0.39 is 0 Å². The fourth-order valence-corrected chi connectivity index (χ4v) is 10.2. The number of piperidine rings is 1. The smallest absolute Gasteiger partial charge is 0.293 e. The van der Waals surface area contributed by atoms with E-state index in [1.165, 1.54) is 29.5 Å². The molecule has 0 atom stereocenters. The third-order valence-corrected chi connectivity index (χ3v) is 14.0. The van der Waals surface area contributed by atoms with Crippen molar-refractivity contribution in [1.82, 2.24) is 29.8 Å². The maximum Gasteiger partial charge on any atom is 0.293 e. The van der Waals surface area contributed by atoms with E-state index in [0.717, 1.165) is 122 Å². The van der Waals surface area contributed by atoms with Crippen LogP contribution in [0.2, 0.25) is 5.02 Å². The van der Waals surface area contributed by atoms with E-state index in [-0.39, 0.29) is 16.0 Å². The van der Waals surface area contributed by atoms with Crippen molar-refractivity contribution < 1.29 is 9.66 Å². The third kappa shape index (κ3) is 12.2. The number of rotatable bonds is 18. The van der Waals surface area contributed by atoms with Crippen LogP contribution >= 0.6 is 23.5 Å². The molecule has 2 saturated heterocycles. The van der Waals surface area contributed by atoms with Gasteiger partial charge in [-0.05, 0) is 129 Å². The van der Waals surface area contributed by atoms with Crippen LogP contribution in [0.4, 0.5) is 17.1 Å². The molecule has 12 nitrogen and oxygen atoms in total. The Morgan fingerprint density at radius 3 is 2.55 bits per heavy atom. The number of hydrogen-bond donors (Lipinski definition) is 4. The molecule has 3 aliphatic rings. The highest BCUT2D eigenvalue weighted by molar-refractivity contribution is 7.97. The maximum absolute atomic E-state index is 12.2. The minimum atomic E-state index is -0.300. The van der Waals surface area contributed by atoms with Crippen molar-refractivity contribution in [3.63, 3.8) is 0 Å². The molecule has 0 radical (unpaired) electrons. The highest BCUT2D eigenvalue weighted by Gasteiger charge is 2.30. The quantitative estimate of drug-likeness (QED) is 0.0290. The Morgan fingerprint density at radius 1 is 0.984 bits per heavy atom. The van der Waals surface area contributed by atoms with E-state index in [0.29, 0.717) is 36.6 Å². The molecule has 2 aliphatic heterocycles. The van der Waals surface area contributed by atoms with Gasteiger partial charge in [0, 0.05) is 103 Å². The van der Waals surface area contributed by atoms with Crippen molar-refractivity contribution in [3.8, 4) is 11.5 Å². The molecule has 4 heterocycles. The second kappa shape index (κ2) is 21.1. The van der Waals surface area contributed by atoms with Gasteiger partial charge in [-0.15, -0.1) is 0 Å². The van der Waals surface area contributed by atoms with Gasteiger partial charge in [-0.3, -0.25) is 19.7 Å². The van der Waals surface area contributed by atoms with E-state index >= 15 is 0 Å². The second-order valence-electron chi connectivity index (χ2n) is 18.8. The van der Waals surface area contributed by atoms with Crippen LogP contribution in [0.25, 0.3) is 16.6 Å². The van der Waals surface area contributed by atoms with E-state index in [4.69, 9.17) is 16.3 Å². The third-order valence-electron chi connectivity index (χ3n) is 12.9. The van der Waals surface area contributed by atoms with Crippen molar-refractivity contribution in [3.05, 3.63) is 117 Å². The van der Waals surface area contributed by atoms with Gasteiger partial charge in [0.1, 0.15) is 22.8 Å². The summed E-state index contributed by atoms with van der Waals surface area (Å²) in [6, 6.07) is 25.3. The molecule has 8 rings (SSSR count). The number of allylic oxidation sites excluding steroid dienone is 1. The molecule has 4 N–H and O–H groups in total. The van der Waals surface area contributed by atoms with Crippen molar-refractivity contribution in [2.24, 2.45) is 5.41 Å². The monoisotopic (exact) mass is 905 g/mol. The number of aromatic nitrogens is 2. The van der Waals surface area contributed by atoms with E-state index in [1.807, 2.05) is 42.6 Å². The molecule has 0 unspecified atom stereocenters. The Hall–Kier alpha value is -4.63. The maximum atomic E-state index is 12.2. The minimum absolute atomic E-state index is 0.0786. The molecule has 5 aromatic rings. The van der Waals surface area contributed by atoms with Crippen LogP contribution < -0.4 is 25.0 Å². The van der Waals surface area contributed by atoms with E-state index in [2.05, 4.69) is 98.1 Å². The number of hydrogen-bond acceptors (Lipinski definition) is 11. The van der Waals surface area contributed by atoms with Crippen LogP contribution in [0.5, 0.6) is 11.5 Å². The first kappa shape index (κ1) is 45.9. The Balaban J connectivity index is 0.892. The highest BCUT2D eigenvalue weighted by atomic mass is 35.5. The lowest BCUT2D eigenvalue weighted by Crippen LogP contribution is -2.47. The summed E-state index contributed by atoms with van der Waals surface area (Å²) in [6.45, 7) is 18.3. The Labute approximate surface area is 387 Å². The summed E-state index contributed by atoms with van der Waals surface area (Å²) in [5, 5.41) is 20.9. The predicted molar refractivity (Wildman–Crippen MR) is 264 cm³/mol. The van der Waals surface area contributed by atoms with Gasteiger partial charge in [0.15, 0.2) is 0 Å². The summed E-state index contributed by atoms with van der Waals surface area (Å²) < 4.78 is 10.1. The number of H-pyrrole nitrogens is 1. The second-order valence-corrected chi connectivity index (χ2v) is 20.2.